The first-order valence-electron chi connectivity index (χ1n) is 14.7. The van der Waals surface area contributed by atoms with Crippen LogP contribution in [0.15, 0.2) is 54.4 Å². The zero-order valence-corrected chi connectivity index (χ0v) is 27.8. The molecule has 2 aliphatic heterocycles. The number of anilines is 1. The maximum atomic E-state index is 15.3. The Labute approximate surface area is 284 Å². The van der Waals surface area contributed by atoms with Gasteiger partial charge in [-0.05, 0) is 48.2 Å². The molecule has 2 aromatic rings. The average Bonchev–Trinajstić information content (AvgIpc) is 3.44. The fourth-order valence-electron chi connectivity index (χ4n) is 5.13. The maximum Gasteiger partial charge on any atom is 0.414 e. The molecule has 2 aromatic carbocycles. The molecule has 2 aliphatic rings. The Morgan fingerprint density at radius 2 is 1.82 bits per heavy atom. The van der Waals surface area contributed by atoms with Gasteiger partial charge in [0.15, 0.2) is 20.4 Å². The van der Waals surface area contributed by atoms with E-state index in [9.17, 15) is 48.4 Å². The van der Waals surface area contributed by atoms with Gasteiger partial charge in [-0.1, -0.05) is 18.2 Å². The molecule has 16 nitrogen and oxygen atoms in total. The molecule has 0 bridgehead atoms. The van der Waals surface area contributed by atoms with Gasteiger partial charge in [-0.2, -0.15) is 0 Å². The number of hydrogen-bond donors (Lipinski definition) is 6. The third-order valence-corrected chi connectivity index (χ3v) is 10.9. The molecule has 0 radical (unpaired) electrons. The van der Waals surface area contributed by atoms with E-state index in [1.54, 1.807) is 0 Å². The molecular weight excluding hydrogens is 710 g/mol. The van der Waals surface area contributed by atoms with Crippen molar-refractivity contribution >= 4 is 51.5 Å². The second kappa shape index (κ2) is 16.6. The Kier molecular flexibility index (Phi) is 12.8. The maximum absolute atomic E-state index is 15.3. The fraction of sp³-hybridized carbons (Fsp3) is 0.333. The number of cyclic esters (lactones) is 1. The van der Waals surface area contributed by atoms with Crippen LogP contribution in [0.1, 0.15) is 27.9 Å². The molecule has 2 heterocycles. The lowest BCUT2D eigenvalue weighted by Gasteiger charge is -2.29. The highest BCUT2D eigenvalue weighted by molar-refractivity contribution is 7.68. The van der Waals surface area contributed by atoms with Crippen LogP contribution in [0.25, 0.3) is 5.57 Å². The fourth-order valence-corrected chi connectivity index (χ4v) is 7.03. The molecule has 2 amide bonds. The van der Waals surface area contributed by atoms with Crippen LogP contribution in [0.2, 0.25) is 0 Å². The summed E-state index contributed by atoms with van der Waals surface area (Å²) in [6.45, 7) is -1.37. The van der Waals surface area contributed by atoms with Crippen LogP contribution >= 0.6 is 16.0 Å². The molecule has 0 aliphatic carbocycles. The second-order valence-corrected chi connectivity index (χ2v) is 14.5. The monoisotopic (exact) mass is 743 g/mol. The number of halogens is 2. The molecule has 3 atom stereocenters. The normalized spacial score (nSPS) is 18.0. The predicted octanol–water partition coefficient (Wildman–Crippen LogP) is 1.48. The minimum absolute atomic E-state index is 0.00709. The van der Waals surface area contributed by atoms with Gasteiger partial charge in [-0.15, -0.1) is 0 Å². The molecule has 7 N–H and O–H groups in total. The lowest BCUT2D eigenvalue weighted by Crippen LogP contribution is -2.45. The number of benzene rings is 2. The number of aliphatic hydroxyl groups excluding tert-OH is 1. The summed E-state index contributed by atoms with van der Waals surface area (Å²) in [5, 5.41) is 8.07. The van der Waals surface area contributed by atoms with Crippen LogP contribution in [0.3, 0.4) is 0 Å². The molecule has 1 unspecified atom stereocenters. The molecule has 0 aromatic heterocycles. The average molecular weight is 744 g/mol. The van der Waals surface area contributed by atoms with Crippen LogP contribution in [0.4, 0.5) is 19.3 Å². The molecule has 0 spiro atoms. The number of carbonyl (C=O) groups is 4. The minimum atomic E-state index is -4.83. The van der Waals surface area contributed by atoms with Gasteiger partial charge in [0.25, 0.3) is 5.91 Å². The van der Waals surface area contributed by atoms with Crippen LogP contribution < -0.4 is 10.6 Å². The summed E-state index contributed by atoms with van der Waals surface area (Å²) in [7, 11) is -7.78. The second-order valence-electron chi connectivity index (χ2n) is 11.0. The number of amides is 2. The van der Waals surface area contributed by atoms with Crippen molar-refractivity contribution in [3.63, 3.8) is 0 Å². The minimum Gasteiger partial charge on any atom is -0.475 e. The lowest BCUT2D eigenvalue weighted by molar-refractivity contribution is -0.142. The van der Waals surface area contributed by atoms with Crippen molar-refractivity contribution < 1.29 is 71.4 Å². The van der Waals surface area contributed by atoms with E-state index in [0.29, 0.717) is 6.29 Å². The third kappa shape index (κ3) is 9.48. The molecule has 1 saturated heterocycles. The molecular formula is C30H33F2N3O13P2. The number of nitrogens with zero attached hydrogens (tertiary/aromatic N) is 2. The van der Waals surface area contributed by atoms with Crippen molar-refractivity contribution in [2.24, 2.45) is 5.73 Å². The van der Waals surface area contributed by atoms with Gasteiger partial charge in [-0.25, -0.2) is 18.4 Å². The number of hydrogen-bond acceptors (Lipinski definition) is 12. The van der Waals surface area contributed by atoms with Gasteiger partial charge >= 0.3 is 19.7 Å². The molecule has 270 valence electrons. The SMILES string of the molecule is NC(=CC=O)OC[C@H]1CN(c2cc(F)c(C3=CCN(C(=O)[C@H](CO)OC(=O)c4ccc(CC(P(O)O)P(=O)(O)O)cc4)CC3)c(F)c2)C(=O)O1. The molecule has 1 fully saturated rings. The summed E-state index contributed by atoms with van der Waals surface area (Å²) in [5.74, 6) is -3.93. The highest BCUT2D eigenvalue weighted by Gasteiger charge is 2.37. The van der Waals surface area contributed by atoms with Gasteiger partial charge in [0.2, 0.25) is 6.10 Å². The first kappa shape index (κ1) is 38.5. The van der Waals surface area contributed by atoms with Crippen molar-refractivity contribution in [2.45, 2.75) is 30.4 Å². The summed E-state index contributed by atoms with van der Waals surface area (Å²) in [6.07, 6.45) is -0.943. The number of aliphatic hydroxyl groups is 1. The highest BCUT2D eigenvalue weighted by atomic mass is 31.2. The zero-order chi connectivity index (χ0) is 36.7. The van der Waals surface area contributed by atoms with E-state index in [-0.39, 0.29) is 72.9 Å². The molecule has 50 heavy (non-hydrogen) atoms. The van der Waals surface area contributed by atoms with Gasteiger partial charge in [0.05, 0.1) is 24.4 Å². The summed E-state index contributed by atoms with van der Waals surface area (Å²) < 4.78 is 57.5. The van der Waals surface area contributed by atoms with Crippen LogP contribution in [0.5, 0.6) is 0 Å². The van der Waals surface area contributed by atoms with Crippen molar-refractivity contribution in [3.05, 3.63) is 82.8 Å². The molecule has 0 saturated carbocycles. The van der Waals surface area contributed by atoms with Gasteiger partial charge in [0.1, 0.15) is 29.9 Å². The smallest absolute Gasteiger partial charge is 0.414 e. The number of aldehydes is 1. The quantitative estimate of drug-likeness (QED) is 0.0528. The van der Waals surface area contributed by atoms with Crippen molar-refractivity contribution in [2.75, 3.05) is 37.7 Å². The van der Waals surface area contributed by atoms with Crippen molar-refractivity contribution in [1.82, 2.24) is 4.90 Å². The van der Waals surface area contributed by atoms with Crippen molar-refractivity contribution in [1.29, 1.82) is 0 Å². The van der Waals surface area contributed by atoms with E-state index in [0.717, 1.165) is 23.1 Å². The van der Waals surface area contributed by atoms with E-state index < -0.39 is 69.8 Å². The highest BCUT2D eigenvalue weighted by Crippen LogP contribution is 2.56. The Hall–Kier alpha value is -4.28. The van der Waals surface area contributed by atoms with Gasteiger partial charge < -0.3 is 49.5 Å². The molecule has 4 rings (SSSR count). The van der Waals surface area contributed by atoms with Gasteiger partial charge in [0, 0.05) is 24.7 Å². The van der Waals surface area contributed by atoms with E-state index in [4.69, 9.17) is 19.9 Å². The van der Waals surface area contributed by atoms with E-state index in [1.807, 2.05) is 0 Å². The van der Waals surface area contributed by atoms with E-state index >= 15 is 8.78 Å². The number of ether oxygens (including phenoxy) is 3. The number of rotatable bonds is 14. The van der Waals surface area contributed by atoms with E-state index in [2.05, 4.69) is 0 Å². The topological polar surface area (TPSA) is 247 Å². The largest absolute Gasteiger partial charge is 0.475 e. The molecule has 20 heteroatoms. The Morgan fingerprint density at radius 3 is 2.36 bits per heavy atom. The Bertz CT molecular complexity index is 1690. The third-order valence-electron chi connectivity index (χ3n) is 7.68. The first-order chi connectivity index (χ1) is 23.6. The Morgan fingerprint density at radius 1 is 1.16 bits per heavy atom. The predicted molar refractivity (Wildman–Crippen MR) is 171 cm³/mol. The van der Waals surface area contributed by atoms with Crippen LogP contribution in [-0.4, -0.2) is 104 Å². The summed E-state index contributed by atoms with van der Waals surface area (Å²) in [5.41, 5.74) is 5.42. The number of esters is 1. The van der Waals surface area contributed by atoms with Crippen LogP contribution in [-0.2, 0) is 34.8 Å². The number of allylic oxidation sites excluding steroid dienone is 1. The zero-order valence-electron chi connectivity index (χ0n) is 26.0. The lowest BCUT2D eigenvalue weighted by atomic mass is 9.97. The van der Waals surface area contributed by atoms with Crippen molar-refractivity contribution in [3.8, 4) is 0 Å². The summed E-state index contributed by atoms with van der Waals surface area (Å²) in [6, 6.07) is 7.02. The summed E-state index contributed by atoms with van der Waals surface area (Å²) in [4.78, 5) is 88.2. The Balaban J connectivity index is 1.37. The number of carbonyl (C=O) groups excluding carboxylic acids is 4. The summed E-state index contributed by atoms with van der Waals surface area (Å²) >= 11 is 0. The number of nitrogens with two attached hydrogens (primary N) is 1. The van der Waals surface area contributed by atoms with E-state index in [1.165, 1.54) is 35.2 Å². The van der Waals surface area contributed by atoms with Gasteiger partial charge in [-0.3, -0.25) is 19.1 Å². The van der Waals surface area contributed by atoms with Crippen LogP contribution in [0, 0.1) is 11.6 Å². The standard InChI is InChI=1S/C30H33F2N3O13P2/c31-22-12-20(35-14-21(47-30(35)40)16-46-25(33)7-10-36)13-23(32)27(22)18-5-8-34(9-6-18)28(38)24(15-37)48-29(39)19-3-1-17(2-4-19)11-26(49(41)42)50(43,44)45/h1-5,7,10,12-13,21,24,26,37,41-42H,6,8-9,11,14-16,33H2,(H2,43,44,45)/t21-,24+,26?/m1/s1. The first-order valence-corrected chi connectivity index (χ1v) is 17.7.